The van der Waals surface area contributed by atoms with Crippen LogP contribution in [0.2, 0.25) is 0 Å². The third-order valence-electron chi connectivity index (χ3n) is 2.04. The van der Waals surface area contributed by atoms with E-state index in [1.807, 2.05) is 30.3 Å². The standard InChI is InChI=1S/C13H16O4S/c1-4-16-12(15)13(3,17-10(2)14)18-11-8-6-5-7-9-11/h5-9H,4H2,1-3H3. The van der Waals surface area contributed by atoms with Crippen LogP contribution < -0.4 is 0 Å². The Balaban J connectivity index is 2.90. The molecule has 98 valence electrons. The van der Waals surface area contributed by atoms with E-state index in [1.165, 1.54) is 13.8 Å². The molecule has 0 radical (unpaired) electrons. The lowest BCUT2D eigenvalue weighted by Crippen LogP contribution is -2.38. The maximum absolute atomic E-state index is 11.9. The van der Waals surface area contributed by atoms with Crippen molar-refractivity contribution in [2.24, 2.45) is 0 Å². The molecule has 0 saturated carbocycles. The number of thioether (sulfide) groups is 1. The van der Waals surface area contributed by atoms with Crippen molar-refractivity contribution in [1.82, 2.24) is 0 Å². The first kappa shape index (κ1) is 14.6. The van der Waals surface area contributed by atoms with E-state index < -0.39 is 16.9 Å². The van der Waals surface area contributed by atoms with Gasteiger partial charge in [0.25, 0.3) is 4.93 Å². The molecule has 1 aromatic carbocycles. The topological polar surface area (TPSA) is 52.6 Å². The number of esters is 2. The van der Waals surface area contributed by atoms with E-state index in [1.54, 1.807) is 6.92 Å². The molecule has 0 saturated heterocycles. The highest BCUT2D eigenvalue weighted by atomic mass is 32.2. The van der Waals surface area contributed by atoms with E-state index in [0.29, 0.717) is 0 Å². The van der Waals surface area contributed by atoms with Crippen molar-refractivity contribution in [2.75, 3.05) is 6.61 Å². The number of hydrogen-bond acceptors (Lipinski definition) is 5. The second kappa shape index (κ2) is 6.44. The number of hydrogen-bond donors (Lipinski definition) is 0. The fourth-order valence-corrected chi connectivity index (χ4v) is 2.40. The summed E-state index contributed by atoms with van der Waals surface area (Å²) in [6.07, 6.45) is 0. The smallest absolute Gasteiger partial charge is 0.361 e. The van der Waals surface area contributed by atoms with Gasteiger partial charge in [-0.25, -0.2) is 4.79 Å². The number of ether oxygens (including phenoxy) is 2. The van der Waals surface area contributed by atoms with E-state index in [0.717, 1.165) is 16.7 Å². The molecule has 0 aliphatic heterocycles. The van der Waals surface area contributed by atoms with Gasteiger partial charge in [0.2, 0.25) is 0 Å². The predicted molar refractivity (Wildman–Crippen MR) is 69.1 cm³/mol. The summed E-state index contributed by atoms with van der Waals surface area (Å²) in [5.41, 5.74) is 0. The second-order valence-electron chi connectivity index (χ2n) is 3.67. The SMILES string of the molecule is CCOC(=O)C(C)(OC(C)=O)Sc1ccccc1. The molecule has 0 aliphatic rings. The van der Waals surface area contributed by atoms with Crippen molar-refractivity contribution in [3.63, 3.8) is 0 Å². The molecule has 0 fully saturated rings. The Morgan fingerprint density at radius 2 is 1.89 bits per heavy atom. The first-order chi connectivity index (χ1) is 8.48. The normalized spacial score (nSPS) is 13.5. The van der Waals surface area contributed by atoms with Gasteiger partial charge in [-0.1, -0.05) is 30.0 Å². The molecule has 1 unspecified atom stereocenters. The van der Waals surface area contributed by atoms with Gasteiger partial charge in [-0.3, -0.25) is 4.79 Å². The molecule has 4 nitrogen and oxygen atoms in total. The summed E-state index contributed by atoms with van der Waals surface area (Å²) < 4.78 is 10.0. The third kappa shape index (κ3) is 4.07. The van der Waals surface area contributed by atoms with Crippen LogP contribution >= 0.6 is 11.8 Å². The quantitative estimate of drug-likeness (QED) is 0.467. The monoisotopic (exact) mass is 268 g/mol. The maximum Gasteiger partial charge on any atom is 0.361 e. The molecule has 0 N–H and O–H groups in total. The molecule has 0 aliphatic carbocycles. The van der Waals surface area contributed by atoms with Crippen LogP contribution in [0.5, 0.6) is 0 Å². The van der Waals surface area contributed by atoms with Crippen LogP contribution in [0.15, 0.2) is 35.2 Å². The van der Waals surface area contributed by atoms with Gasteiger partial charge in [0.1, 0.15) is 0 Å². The zero-order valence-electron chi connectivity index (χ0n) is 10.6. The second-order valence-corrected chi connectivity index (χ2v) is 5.13. The summed E-state index contributed by atoms with van der Waals surface area (Å²) in [4.78, 5) is 22.5. The molecule has 1 atom stereocenters. The van der Waals surface area contributed by atoms with Crippen LogP contribution in [-0.2, 0) is 19.1 Å². The molecule has 0 aromatic heterocycles. The summed E-state index contributed by atoms with van der Waals surface area (Å²) in [5, 5.41) is 0. The predicted octanol–water partition coefficient (Wildman–Crippen LogP) is 2.62. The van der Waals surface area contributed by atoms with Crippen LogP contribution in [0.4, 0.5) is 0 Å². The van der Waals surface area contributed by atoms with E-state index in [4.69, 9.17) is 9.47 Å². The molecular formula is C13H16O4S. The van der Waals surface area contributed by atoms with E-state index >= 15 is 0 Å². The van der Waals surface area contributed by atoms with Gasteiger partial charge in [0.15, 0.2) is 0 Å². The molecule has 0 heterocycles. The van der Waals surface area contributed by atoms with Crippen LogP contribution in [0, 0.1) is 0 Å². The minimum Gasteiger partial charge on any atom is -0.462 e. The molecule has 0 amide bonds. The third-order valence-corrected chi connectivity index (χ3v) is 3.19. The van der Waals surface area contributed by atoms with Crippen molar-refractivity contribution in [3.05, 3.63) is 30.3 Å². The van der Waals surface area contributed by atoms with E-state index in [9.17, 15) is 9.59 Å². The molecule has 5 heteroatoms. The van der Waals surface area contributed by atoms with Crippen molar-refractivity contribution in [1.29, 1.82) is 0 Å². The van der Waals surface area contributed by atoms with Gasteiger partial charge in [0, 0.05) is 11.8 Å². The largest absolute Gasteiger partial charge is 0.462 e. The lowest BCUT2D eigenvalue weighted by molar-refractivity contribution is -0.168. The van der Waals surface area contributed by atoms with Crippen LogP contribution in [0.25, 0.3) is 0 Å². The molecule has 1 rings (SSSR count). The highest BCUT2D eigenvalue weighted by Crippen LogP contribution is 2.35. The number of benzene rings is 1. The van der Waals surface area contributed by atoms with E-state index in [2.05, 4.69) is 0 Å². The van der Waals surface area contributed by atoms with Gasteiger partial charge < -0.3 is 9.47 Å². The highest BCUT2D eigenvalue weighted by molar-refractivity contribution is 8.01. The van der Waals surface area contributed by atoms with Gasteiger partial charge in [0.05, 0.1) is 6.61 Å². The summed E-state index contributed by atoms with van der Waals surface area (Å²) >= 11 is 1.15. The minimum atomic E-state index is -1.36. The van der Waals surface area contributed by atoms with Gasteiger partial charge in [-0.05, 0) is 26.0 Å². The van der Waals surface area contributed by atoms with E-state index in [-0.39, 0.29) is 6.61 Å². The summed E-state index contributed by atoms with van der Waals surface area (Å²) in [5.74, 6) is -1.08. The summed E-state index contributed by atoms with van der Waals surface area (Å²) in [6, 6.07) is 9.25. The first-order valence-electron chi connectivity index (χ1n) is 5.59. The van der Waals surface area contributed by atoms with Crippen LogP contribution in [0.1, 0.15) is 20.8 Å². The van der Waals surface area contributed by atoms with Gasteiger partial charge >= 0.3 is 11.9 Å². The first-order valence-corrected chi connectivity index (χ1v) is 6.40. The van der Waals surface area contributed by atoms with Gasteiger partial charge in [-0.15, -0.1) is 0 Å². The molecule has 0 spiro atoms. The van der Waals surface area contributed by atoms with Crippen molar-refractivity contribution in [2.45, 2.75) is 30.6 Å². The Hall–Kier alpha value is -1.49. The minimum absolute atomic E-state index is 0.241. The number of rotatable bonds is 5. The van der Waals surface area contributed by atoms with Crippen molar-refractivity contribution < 1.29 is 19.1 Å². The Bertz CT molecular complexity index is 418. The fraction of sp³-hybridized carbons (Fsp3) is 0.385. The average molecular weight is 268 g/mol. The maximum atomic E-state index is 11.9. The summed E-state index contributed by atoms with van der Waals surface area (Å²) in [6.45, 7) is 4.75. The molecule has 1 aromatic rings. The van der Waals surface area contributed by atoms with Gasteiger partial charge in [-0.2, -0.15) is 0 Å². The average Bonchev–Trinajstić information content (AvgIpc) is 2.29. The highest BCUT2D eigenvalue weighted by Gasteiger charge is 2.39. The lowest BCUT2D eigenvalue weighted by atomic mass is 10.4. The Labute approximate surface area is 111 Å². The van der Waals surface area contributed by atoms with Crippen molar-refractivity contribution >= 4 is 23.7 Å². The Kier molecular flexibility index (Phi) is 5.22. The van der Waals surface area contributed by atoms with Crippen molar-refractivity contribution in [3.8, 4) is 0 Å². The van der Waals surface area contributed by atoms with Crippen LogP contribution in [0.3, 0.4) is 0 Å². The Morgan fingerprint density at radius 1 is 1.28 bits per heavy atom. The number of carbonyl (C=O) groups excluding carboxylic acids is 2. The molecule has 18 heavy (non-hydrogen) atoms. The fourth-order valence-electron chi connectivity index (χ4n) is 1.35. The zero-order valence-corrected chi connectivity index (χ0v) is 11.5. The lowest BCUT2D eigenvalue weighted by Gasteiger charge is -2.25. The molecular weight excluding hydrogens is 252 g/mol. The zero-order chi connectivity index (χ0) is 13.6. The molecule has 0 bridgehead atoms. The Morgan fingerprint density at radius 3 is 2.39 bits per heavy atom. The van der Waals surface area contributed by atoms with Crippen LogP contribution in [-0.4, -0.2) is 23.5 Å². The summed E-state index contributed by atoms with van der Waals surface area (Å²) in [7, 11) is 0. The number of carbonyl (C=O) groups is 2.